The van der Waals surface area contributed by atoms with Gasteiger partial charge in [0.05, 0.1) is 20.3 Å². The minimum Gasteiger partial charge on any atom is -0.390 e. The zero-order valence-corrected chi connectivity index (χ0v) is 13.7. The number of aromatic nitrogens is 4. The van der Waals surface area contributed by atoms with Gasteiger partial charge in [0.1, 0.15) is 6.54 Å². The van der Waals surface area contributed by atoms with E-state index in [9.17, 15) is 24.5 Å². The molecule has 0 N–H and O–H groups in total. The molecule has 2 aromatic heterocycles. The summed E-state index contributed by atoms with van der Waals surface area (Å²) >= 11 is 0. The van der Waals surface area contributed by atoms with Gasteiger partial charge in [-0.25, -0.2) is 9.36 Å². The molecule has 0 unspecified atom stereocenters. The molecule has 0 saturated carbocycles. The Balaban J connectivity index is 2.15. The molecule has 1 fully saturated rings. The summed E-state index contributed by atoms with van der Waals surface area (Å²) in [5, 5.41) is 11.1. The molecule has 0 atom stereocenters. The Morgan fingerprint density at radius 2 is 1.88 bits per heavy atom. The van der Waals surface area contributed by atoms with Crippen LogP contribution in [0.3, 0.4) is 0 Å². The predicted octanol–water partition coefficient (Wildman–Crippen LogP) is -1.80. The number of rotatable bonds is 3. The van der Waals surface area contributed by atoms with Crippen molar-refractivity contribution in [3.05, 3.63) is 31.0 Å². The second kappa shape index (κ2) is 6.12. The second-order valence-electron chi connectivity index (χ2n) is 5.63. The Morgan fingerprint density at radius 3 is 2.48 bits per heavy atom. The normalized spacial score (nSPS) is 14.9. The fourth-order valence-corrected chi connectivity index (χ4v) is 2.77. The summed E-state index contributed by atoms with van der Waals surface area (Å²) in [5.41, 5.74) is -1.75. The van der Waals surface area contributed by atoms with Crippen molar-refractivity contribution in [1.82, 2.24) is 23.6 Å². The maximum atomic E-state index is 12.4. The Bertz CT molecular complexity index is 980. The van der Waals surface area contributed by atoms with Crippen molar-refractivity contribution in [1.29, 1.82) is 0 Å². The van der Waals surface area contributed by atoms with Crippen molar-refractivity contribution in [2.45, 2.75) is 6.54 Å². The molecule has 12 heteroatoms. The molecule has 3 rings (SSSR count). The van der Waals surface area contributed by atoms with E-state index in [1.54, 1.807) is 0 Å². The maximum absolute atomic E-state index is 12.4. The first-order valence-electron chi connectivity index (χ1n) is 7.49. The van der Waals surface area contributed by atoms with Gasteiger partial charge in [0.2, 0.25) is 11.4 Å². The molecular formula is C13H16N6O6. The number of fused-ring (bicyclic) bond motifs is 1. The smallest absolute Gasteiger partial charge is 0.390 e. The van der Waals surface area contributed by atoms with E-state index in [4.69, 9.17) is 4.74 Å². The molecule has 1 amide bonds. The van der Waals surface area contributed by atoms with Gasteiger partial charge < -0.3 is 19.8 Å². The quantitative estimate of drug-likeness (QED) is 0.470. The molecule has 0 aromatic carbocycles. The Kier molecular flexibility index (Phi) is 4.12. The van der Waals surface area contributed by atoms with Crippen LogP contribution in [0.25, 0.3) is 11.2 Å². The molecule has 0 radical (unpaired) electrons. The van der Waals surface area contributed by atoms with Crippen molar-refractivity contribution in [3.63, 3.8) is 0 Å². The van der Waals surface area contributed by atoms with E-state index in [2.05, 4.69) is 4.98 Å². The van der Waals surface area contributed by atoms with Crippen molar-refractivity contribution in [2.24, 2.45) is 14.1 Å². The predicted molar refractivity (Wildman–Crippen MR) is 84.3 cm³/mol. The fourth-order valence-electron chi connectivity index (χ4n) is 2.77. The molecule has 12 nitrogen and oxygen atoms in total. The number of aryl methyl sites for hydroxylation is 1. The van der Waals surface area contributed by atoms with E-state index in [1.165, 1.54) is 19.0 Å². The standard InChI is InChI=1S/C13H16N6O6/c1-15-9-10(14-12(15)19(23)24)18(13(22)16(2)11(9)21)7-8(20)17-3-5-25-6-4-17/h3-7H2,1-2H3. The van der Waals surface area contributed by atoms with Gasteiger partial charge in [-0.1, -0.05) is 0 Å². The Labute approximate surface area is 140 Å². The molecule has 0 aliphatic carbocycles. The first-order chi connectivity index (χ1) is 11.8. The van der Waals surface area contributed by atoms with Gasteiger partial charge in [0, 0.05) is 20.1 Å². The van der Waals surface area contributed by atoms with E-state index >= 15 is 0 Å². The van der Waals surface area contributed by atoms with Gasteiger partial charge >= 0.3 is 11.6 Å². The molecule has 1 aliphatic rings. The SMILES string of the molecule is Cn1c(=O)c2c(nc([N+](=O)[O-])n2C)n(CC(=O)N2CCOCC2)c1=O. The number of nitrogens with zero attached hydrogens (tertiary/aromatic N) is 6. The van der Waals surface area contributed by atoms with Gasteiger partial charge in [-0.3, -0.25) is 18.7 Å². The summed E-state index contributed by atoms with van der Waals surface area (Å²) in [5.74, 6) is -0.927. The first-order valence-corrected chi connectivity index (χ1v) is 7.49. The largest absolute Gasteiger partial charge is 0.437 e. The fraction of sp³-hybridized carbons (Fsp3) is 0.538. The maximum Gasteiger partial charge on any atom is 0.437 e. The molecule has 2 aromatic rings. The van der Waals surface area contributed by atoms with Gasteiger partial charge in [0.15, 0.2) is 0 Å². The van der Waals surface area contributed by atoms with E-state index < -0.39 is 22.1 Å². The number of imidazole rings is 1. The van der Waals surface area contributed by atoms with Gasteiger partial charge in [0.25, 0.3) is 11.2 Å². The van der Waals surface area contributed by atoms with Crippen LogP contribution >= 0.6 is 0 Å². The molecule has 0 spiro atoms. The van der Waals surface area contributed by atoms with E-state index in [-0.39, 0.29) is 23.6 Å². The number of carbonyl (C=O) groups excluding carboxylic acids is 1. The number of morpholine rings is 1. The summed E-state index contributed by atoms with van der Waals surface area (Å²) in [4.78, 5) is 52.8. The van der Waals surface area contributed by atoms with Gasteiger partial charge in [-0.15, -0.1) is 0 Å². The lowest BCUT2D eigenvalue weighted by Crippen LogP contribution is -2.45. The van der Waals surface area contributed by atoms with Crippen molar-refractivity contribution >= 4 is 23.0 Å². The lowest BCUT2D eigenvalue weighted by Gasteiger charge is -2.26. The van der Waals surface area contributed by atoms with Crippen LogP contribution in [0.5, 0.6) is 0 Å². The number of hydrogen-bond donors (Lipinski definition) is 0. The second-order valence-corrected chi connectivity index (χ2v) is 5.63. The van der Waals surface area contributed by atoms with Crippen LogP contribution in [0.2, 0.25) is 0 Å². The van der Waals surface area contributed by atoms with E-state index in [1.807, 2.05) is 0 Å². The number of amides is 1. The Hall–Kier alpha value is -3.02. The highest BCUT2D eigenvalue weighted by atomic mass is 16.6. The lowest BCUT2D eigenvalue weighted by atomic mass is 10.4. The third-order valence-corrected chi connectivity index (χ3v) is 4.15. The lowest BCUT2D eigenvalue weighted by molar-refractivity contribution is -0.396. The van der Waals surface area contributed by atoms with E-state index in [0.717, 1.165) is 13.7 Å². The number of carbonyl (C=O) groups is 1. The summed E-state index contributed by atoms with van der Waals surface area (Å²) in [7, 11) is 2.56. The van der Waals surface area contributed by atoms with Gasteiger partial charge in [-0.05, 0) is 9.91 Å². The summed E-state index contributed by atoms with van der Waals surface area (Å²) in [6, 6.07) is 0. The summed E-state index contributed by atoms with van der Waals surface area (Å²) in [6.45, 7) is 1.23. The minimum atomic E-state index is -0.757. The van der Waals surface area contributed by atoms with Crippen LogP contribution in [0, 0.1) is 10.1 Å². The molecule has 1 aliphatic heterocycles. The minimum absolute atomic E-state index is 0.108. The van der Waals surface area contributed by atoms with Crippen LogP contribution in [0.1, 0.15) is 0 Å². The average Bonchev–Trinajstić information content (AvgIpc) is 2.95. The summed E-state index contributed by atoms with van der Waals surface area (Å²) in [6.07, 6.45) is 0. The average molecular weight is 352 g/mol. The van der Waals surface area contributed by atoms with Crippen LogP contribution in [0.15, 0.2) is 9.59 Å². The third kappa shape index (κ3) is 2.69. The van der Waals surface area contributed by atoms with Crippen molar-refractivity contribution in [2.75, 3.05) is 26.3 Å². The molecule has 3 heterocycles. The highest BCUT2D eigenvalue weighted by Crippen LogP contribution is 2.15. The van der Waals surface area contributed by atoms with Crippen molar-refractivity contribution in [3.8, 4) is 0 Å². The highest BCUT2D eigenvalue weighted by molar-refractivity contribution is 5.79. The molecule has 1 saturated heterocycles. The third-order valence-electron chi connectivity index (χ3n) is 4.15. The molecule has 134 valence electrons. The number of ether oxygens (including phenoxy) is 1. The topological polar surface area (TPSA) is 134 Å². The molecular weight excluding hydrogens is 336 g/mol. The van der Waals surface area contributed by atoms with E-state index in [0.29, 0.717) is 26.3 Å². The zero-order chi connectivity index (χ0) is 18.3. The van der Waals surface area contributed by atoms with Crippen LogP contribution in [-0.2, 0) is 30.2 Å². The van der Waals surface area contributed by atoms with Gasteiger partial charge in [-0.2, -0.15) is 0 Å². The highest BCUT2D eigenvalue weighted by Gasteiger charge is 2.28. The number of hydrogen-bond acceptors (Lipinski definition) is 7. The molecule has 0 bridgehead atoms. The monoisotopic (exact) mass is 352 g/mol. The Morgan fingerprint density at radius 1 is 1.24 bits per heavy atom. The summed E-state index contributed by atoms with van der Waals surface area (Å²) < 4.78 is 7.98. The number of nitro groups is 1. The van der Waals surface area contributed by atoms with Crippen LogP contribution < -0.4 is 11.2 Å². The molecule has 25 heavy (non-hydrogen) atoms. The van der Waals surface area contributed by atoms with Crippen LogP contribution in [0.4, 0.5) is 5.95 Å². The van der Waals surface area contributed by atoms with Crippen molar-refractivity contribution < 1.29 is 14.5 Å². The van der Waals surface area contributed by atoms with Crippen LogP contribution in [-0.4, -0.2) is 60.7 Å². The first kappa shape index (κ1) is 16.8. The zero-order valence-electron chi connectivity index (χ0n) is 13.7.